The minimum Gasteiger partial charge on any atom is -0.495 e. The van der Waals surface area contributed by atoms with E-state index in [4.69, 9.17) is 21.6 Å². The predicted molar refractivity (Wildman–Crippen MR) is 71.6 cm³/mol. The number of amides is 1. The highest BCUT2D eigenvalue weighted by atomic mass is 16.6. The van der Waals surface area contributed by atoms with Crippen molar-refractivity contribution in [3.05, 3.63) is 23.5 Å². The highest BCUT2D eigenvalue weighted by Crippen LogP contribution is 2.39. The van der Waals surface area contributed by atoms with Crippen molar-refractivity contribution in [3.63, 3.8) is 0 Å². The number of terminal acetylenes is 1. The quantitative estimate of drug-likeness (QED) is 0.848. The number of pyridine rings is 1. The third-order valence-corrected chi connectivity index (χ3v) is 2.54. The zero-order valence-electron chi connectivity index (χ0n) is 11.6. The average Bonchev–Trinajstić information content (AvgIpc) is 2.33. The molecule has 0 aliphatic rings. The van der Waals surface area contributed by atoms with Crippen LogP contribution in [0, 0.1) is 17.8 Å². The Kier molecular flexibility index (Phi) is 4.38. The van der Waals surface area contributed by atoms with E-state index in [1.54, 1.807) is 6.07 Å². The van der Waals surface area contributed by atoms with Crippen molar-refractivity contribution in [1.82, 2.24) is 4.98 Å². The normalized spacial score (nSPS) is 12.4. The topological polar surface area (TPSA) is 74.4 Å². The number of ether oxygens (including phenoxy) is 2. The number of hydrogen-bond donors (Lipinski definition) is 1. The second-order valence-electron chi connectivity index (χ2n) is 5.14. The summed E-state index contributed by atoms with van der Waals surface area (Å²) < 4.78 is 10.4. The van der Waals surface area contributed by atoms with E-state index in [9.17, 15) is 4.79 Å². The number of aromatic nitrogens is 1. The van der Waals surface area contributed by atoms with Crippen LogP contribution < -0.4 is 10.5 Å². The molecular weight excluding hydrogens is 244 g/mol. The number of methoxy groups -OCH3 is 1. The first kappa shape index (κ1) is 14.8. The zero-order chi connectivity index (χ0) is 14.6. The molecule has 0 saturated heterocycles. The lowest BCUT2D eigenvalue weighted by Crippen LogP contribution is -2.28. The summed E-state index contributed by atoms with van der Waals surface area (Å²) in [6.45, 7) is 5.74. The van der Waals surface area contributed by atoms with Gasteiger partial charge in [0.25, 0.3) is 0 Å². The molecule has 1 heterocycles. The van der Waals surface area contributed by atoms with Crippen molar-refractivity contribution in [2.75, 3.05) is 7.11 Å². The molecule has 1 rings (SSSR count). The summed E-state index contributed by atoms with van der Waals surface area (Å²) in [6, 6.07) is 1.67. The van der Waals surface area contributed by atoms with Gasteiger partial charge in [-0.3, -0.25) is 4.98 Å². The molecule has 1 amide bonds. The highest BCUT2D eigenvalue weighted by molar-refractivity contribution is 5.65. The highest BCUT2D eigenvalue weighted by Gasteiger charge is 2.33. The van der Waals surface area contributed by atoms with Crippen molar-refractivity contribution in [3.8, 4) is 18.1 Å². The molecule has 1 aromatic rings. The number of rotatable bonds is 3. The fourth-order valence-corrected chi connectivity index (χ4v) is 1.65. The summed E-state index contributed by atoms with van der Waals surface area (Å²) in [5.74, 6) is 2.94. The maximum atomic E-state index is 11.1. The van der Waals surface area contributed by atoms with Gasteiger partial charge in [-0.25, -0.2) is 4.79 Å². The Labute approximate surface area is 113 Å². The molecule has 1 aromatic heterocycles. The van der Waals surface area contributed by atoms with Crippen LogP contribution in [-0.2, 0) is 4.74 Å². The lowest BCUT2D eigenvalue weighted by atomic mass is 9.86. The Morgan fingerprint density at radius 3 is 2.58 bits per heavy atom. The van der Waals surface area contributed by atoms with Crippen molar-refractivity contribution in [1.29, 1.82) is 0 Å². The first-order valence-electron chi connectivity index (χ1n) is 5.76. The fourth-order valence-electron chi connectivity index (χ4n) is 1.65. The van der Waals surface area contributed by atoms with E-state index in [0.717, 1.165) is 0 Å². The van der Waals surface area contributed by atoms with E-state index in [1.165, 1.54) is 13.3 Å². The monoisotopic (exact) mass is 262 g/mol. The van der Waals surface area contributed by atoms with Gasteiger partial charge in [0.05, 0.1) is 7.11 Å². The van der Waals surface area contributed by atoms with Crippen LogP contribution >= 0.6 is 0 Å². The standard InChI is InChI=1S/C14H18N2O3/c1-6-9-7-10(18-5)11(16-8-9)12(14(2,3)4)19-13(15)17/h1,7-8,12H,2-5H3,(H2,15,17). The summed E-state index contributed by atoms with van der Waals surface area (Å²) in [5.41, 5.74) is 5.81. The third kappa shape index (κ3) is 3.62. The molecule has 0 bridgehead atoms. The van der Waals surface area contributed by atoms with Gasteiger partial charge in [0.2, 0.25) is 0 Å². The SMILES string of the molecule is C#Cc1cnc(C(OC(N)=O)C(C)(C)C)c(OC)c1. The van der Waals surface area contributed by atoms with E-state index >= 15 is 0 Å². The summed E-state index contributed by atoms with van der Waals surface area (Å²) >= 11 is 0. The number of carbonyl (C=O) groups excluding carboxylic acids is 1. The van der Waals surface area contributed by atoms with Crippen LogP contribution in [0.25, 0.3) is 0 Å². The first-order chi connectivity index (χ1) is 8.79. The van der Waals surface area contributed by atoms with Crippen molar-refractivity contribution < 1.29 is 14.3 Å². The Bertz CT molecular complexity index is 512. The van der Waals surface area contributed by atoms with Gasteiger partial charge in [-0.2, -0.15) is 0 Å². The van der Waals surface area contributed by atoms with Crippen LogP contribution in [0.1, 0.15) is 38.1 Å². The van der Waals surface area contributed by atoms with E-state index in [0.29, 0.717) is 17.0 Å². The lowest BCUT2D eigenvalue weighted by molar-refractivity contribution is 0.0314. The van der Waals surface area contributed by atoms with Crippen LogP contribution in [0.5, 0.6) is 5.75 Å². The molecule has 0 saturated carbocycles. The van der Waals surface area contributed by atoms with Crippen LogP contribution in [-0.4, -0.2) is 18.2 Å². The van der Waals surface area contributed by atoms with Crippen LogP contribution in [0.15, 0.2) is 12.3 Å². The van der Waals surface area contributed by atoms with E-state index in [-0.39, 0.29) is 5.41 Å². The molecule has 0 aliphatic heterocycles. The second-order valence-corrected chi connectivity index (χ2v) is 5.14. The van der Waals surface area contributed by atoms with E-state index in [2.05, 4.69) is 10.9 Å². The van der Waals surface area contributed by atoms with Gasteiger partial charge in [0.15, 0.2) is 6.10 Å². The number of nitrogens with zero attached hydrogens (tertiary/aromatic N) is 1. The smallest absolute Gasteiger partial charge is 0.405 e. The molecule has 0 radical (unpaired) electrons. The minimum atomic E-state index is -0.857. The molecule has 0 aliphatic carbocycles. The molecule has 2 N–H and O–H groups in total. The molecule has 0 spiro atoms. The largest absolute Gasteiger partial charge is 0.495 e. The molecule has 5 nitrogen and oxygen atoms in total. The van der Waals surface area contributed by atoms with Crippen LogP contribution in [0.2, 0.25) is 0 Å². The van der Waals surface area contributed by atoms with Gasteiger partial charge >= 0.3 is 6.09 Å². The number of primary amides is 1. The Hall–Kier alpha value is -2.22. The van der Waals surface area contributed by atoms with Gasteiger partial charge in [0.1, 0.15) is 11.4 Å². The average molecular weight is 262 g/mol. The van der Waals surface area contributed by atoms with Crippen LogP contribution in [0.4, 0.5) is 4.79 Å². The molecule has 1 unspecified atom stereocenters. The van der Waals surface area contributed by atoms with Gasteiger partial charge in [-0.1, -0.05) is 26.7 Å². The number of hydrogen-bond acceptors (Lipinski definition) is 4. The Morgan fingerprint density at radius 1 is 1.53 bits per heavy atom. The zero-order valence-corrected chi connectivity index (χ0v) is 11.6. The van der Waals surface area contributed by atoms with E-state index < -0.39 is 12.2 Å². The summed E-state index contributed by atoms with van der Waals surface area (Å²) in [7, 11) is 1.50. The molecule has 19 heavy (non-hydrogen) atoms. The van der Waals surface area contributed by atoms with Gasteiger partial charge in [-0.15, -0.1) is 6.42 Å². The predicted octanol–water partition coefficient (Wildman–Crippen LogP) is 2.25. The maximum absolute atomic E-state index is 11.1. The lowest BCUT2D eigenvalue weighted by Gasteiger charge is -2.30. The molecular formula is C14H18N2O3. The number of nitrogens with two attached hydrogens (primary N) is 1. The maximum Gasteiger partial charge on any atom is 0.405 e. The van der Waals surface area contributed by atoms with Crippen LogP contribution in [0.3, 0.4) is 0 Å². The third-order valence-electron chi connectivity index (χ3n) is 2.54. The van der Waals surface area contributed by atoms with Gasteiger partial charge in [0, 0.05) is 17.2 Å². The molecule has 1 atom stereocenters. The van der Waals surface area contributed by atoms with Gasteiger partial charge < -0.3 is 15.2 Å². The Morgan fingerprint density at radius 2 is 2.16 bits per heavy atom. The molecule has 0 aromatic carbocycles. The van der Waals surface area contributed by atoms with Crippen molar-refractivity contribution in [2.24, 2.45) is 11.1 Å². The summed E-state index contributed by atoms with van der Waals surface area (Å²) in [6.07, 6.45) is 5.37. The summed E-state index contributed by atoms with van der Waals surface area (Å²) in [5, 5.41) is 0. The van der Waals surface area contributed by atoms with Crippen molar-refractivity contribution in [2.45, 2.75) is 26.9 Å². The second kappa shape index (κ2) is 5.61. The Balaban J connectivity index is 3.30. The molecule has 102 valence electrons. The minimum absolute atomic E-state index is 0.382. The van der Waals surface area contributed by atoms with E-state index in [1.807, 2.05) is 20.8 Å². The molecule has 5 heteroatoms. The fraction of sp³-hybridized carbons (Fsp3) is 0.429. The first-order valence-corrected chi connectivity index (χ1v) is 5.76. The van der Waals surface area contributed by atoms with Gasteiger partial charge in [-0.05, 0) is 6.07 Å². The summed E-state index contributed by atoms with van der Waals surface area (Å²) in [4.78, 5) is 15.3. The molecule has 0 fully saturated rings. The number of carbonyl (C=O) groups is 1. The van der Waals surface area contributed by atoms with Crippen molar-refractivity contribution >= 4 is 6.09 Å².